The van der Waals surface area contributed by atoms with Gasteiger partial charge in [-0.2, -0.15) is 0 Å². The molecular weight excluding hydrogens is 1220 g/mol. The van der Waals surface area contributed by atoms with Crippen LogP contribution in [-0.2, 0) is 47.2 Å². The lowest BCUT2D eigenvalue weighted by molar-refractivity contribution is -0.131. The third-order valence-corrected chi connectivity index (χ3v) is 22.4. The fraction of sp³-hybridized carbons (Fsp3) is 0.488. The van der Waals surface area contributed by atoms with E-state index in [2.05, 4.69) is 104 Å². The smallest absolute Gasteiger partial charge is 0.497 e. The second-order valence-corrected chi connectivity index (χ2v) is 29.4. The SMILES string of the molecule is COc1ccc(C(NCCCC[C@@H](NC(=O)[C@H](Cc2ccccc2)NC(=O)CCC(=O)NCCCO[C@H]2CC[C@@]3(C)C(=CC[C@H]4[C@@H]5CC[C@H]([C@H](C)CCCC(C)C)[C@@]5(C)CC[C@@H]43)C2)C(=O)Nc2ccc(COC(=O)Oc3ccc(C)cc3)cc2)(c2ccccc2)c2ccccc2)cc1. The minimum absolute atomic E-state index is 0.0579. The van der Waals surface area contributed by atoms with Gasteiger partial charge in [0.05, 0.1) is 18.8 Å². The standard InChI is InChI=1S/C84H107N5O9/c1-58(2)21-19-22-60(4)72-44-45-73-71-43-36-66-56-70(48-50-82(66,5)74(71)49-51-83(72,73)6)96-54-20-52-85-77(90)46-47-78(91)88-76(55-61-23-11-8-12-24-61)80(93)89-75(79(92)87-67-37-32-62(33-38-67)57-97-81(94)98-69-39-30-59(3)31-40-69)29-17-18-53-86-84(63-25-13-9-14-26-63,64-27-15-10-16-28-64)65-34-41-68(95-7)42-35-65/h8-16,23-28,30-42,58,60,70-76,86H,17-22,29,43-57H2,1-7H3,(H,85,90)(H,87,92)(H,88,91)(H,89,93)/t60-,70+,71+,72-,73+,74+,75-,76+,82+,83-/m1/s1. The molecule has 0 aliphatic heterocycles. The predicted molar refractivity (Wildman–Crippen MR) is 388 cm³/mol. The molecular formula is C84H107N5O9. The van der Waals surface area contributed by atoms with Gasteiger partial charge < -0.3 is 40.2 Å². The van der Waals surface area contributed by atoms with E-state index in [1.54, 1.807) is 49.1 Å². The zero-order valence-electron chi connectivity index (χ0n) is 59.1. The number of nitrogens with one attached hydrogen (secondary N) is 5. The summed E-state index contributed by atoms with van der Waals surface area (Å²) in [5.41, 5.74) is 7.68. The van der Waals surface area contributed by atoms with Crippen molar-refractivity contribution in [1.82, 2.24) is 21.3 Å². The number of carbonyl (C=O) groups is 5. The summed E-state index contributed by atoms with van der Waals surface area (Å²) in [5.74, 6) is 4.28. The Morgan fingerprint density at radius 1 is 0.602 bits per heavy atom. The lowest BCUT2D eigenvalue weighted by Gasteiger charge is -2.58. The Labute approximate surface area is 583 Å². The molecule has 14 heteroatoms. The highest BCUT2D eigenvalue weighted by atomic mass is 16.7. The molecule has 6 aromatic rings. The first kappa shape index (κ1) is 72.7. The highest BCUT2D eigenvalue weighted by Gasteiger charge is 2.59. The molecule has 3 saturated carbocycles. The number of fused-ring (bicyclic) bond motifs is 5. The van der Waals surface area contributed by atoms with Gasteiger partial charge in [-0.1, -0.05) is 198 Å². The van der Waals surface area contributed by atoms with Crippen molar-refractivity contribution in [3.8, 4) is 11.5 Å². The van der Waals surface area contributed by atoms with Crippen LogP contribution in [0.3, 0.4) is 0 Å². The molecule has 3 fully saturated rings. The van der Waals surface area contributed by atoms with Crippen LogP contribution in [-0.4, -0.2) is 74.8 Å². The summed E-state index contributed by atoms with van der Waals surface area (Å²) in [6, 6.07) is 49.9. The van der Waals surface area contributed by atoms with Crippen LogP contribution in [0, 0.1) is 53.3 Å². The molecule has 5 N–H and O–H groups in total. The summed E-state index contributed by atoms with van der Waals surface area (Å²) in [7, 11) is 1.65. The Bertz CT molecular complexity index is 3530. The number of aryl methyl sites for hydroxylation is 1. The molecule has 10 atom stereocenters. The van der Waals surface area contributed by atoms with Gasteiger partial charge in [0.1, 0.15) is 30.2 Å². The lowest BCUT2D eigenvalue weighted by Crippen LogP contribution is -2.53. The maximum absolute atomic E-state index is 14.7. The minimum atomic E-state index is -1.07. The molecule has 0 spiro atoms. The van der Waals surface area contributed by atoms with E-state index in [4.69, 9.17) is 18.9 Å². The maximum Gasteiger partial charge on any atom is 0.514 e. The third kappa shape index (κ3) is 18.6. The quantitative estimate of drug-likeness (QED) is 0.00874. The molecule has 4 amide bonds. The van der Waals surface area contributed by atoms with Crippen LogP contribution in [0.5, 0.6) is 11.5 Å². The topological polar surface area (TPSA) is 182 Å². The molecule has 0 radical (unpaired) electrons. The fourth-order valence-corrected chi connectivity index (χ4v) is 17.1. The predicted octanol–water partition coefficient (Wildman–Crippen LogP) is 16.3. The number of anilines is 1. The van der Waals surface area contributed by atoms with Crippen molar-refractivity contribution in [3.63, 3.8) is 0 Å². The van der Waals surface area contributed by atoms with E-state index in [9.17, 15) is 24.0 Å². The van der Waals surface area contributed by atoms with E-state index in [1.165, 1.54) is 57.8 Å². The number of methoxy groups -OCH3 is 1. The molecule has 14 nitrogen and oxygen atoms in total. The van der Waals surface area contributed by atoms with Gasteiger partial charge >= 0.3 is 6.16 Å². The monoisotopic (exact) mass is 1330 g/mol. The van der Waals surface area contributed by atoms with Crippen molar-refractivity contribution < 1.29 is 42.9 Å². The zero-order valence-corrected chi connectivity index (χ0v) is 59.1. The average molecular weight is 1330 g/mol. The number of carbonyl (C=O) groups excluding carboxylic acids is 5. The molecule has 4 aliphatic carbocycles. The van der Waals surface area contributed by atoms with E-state index in [1.807, 2.05) is 97.9 Å². The van der Waals surface area contributed by atoms with Gasteiger partial charge in [0.25, 0.3) is 0 Å². The second-order valence-electron chi connectivity index (χ2n) is 29.4. The van der Waals surface area contributed by atoms with E-state index in [0.29, 0.717) is 61.4 Å². The first-order chi connectivity index (χ1) is 47.4. The van der Waals surface area contributed by atoms with Crippen LogP contribution in [0.1, 0.15) is 177 Å². The molecule has 0 bridgehead atoms. The Balaban J connectivity index is 0.733. The van der Waals surface area contributed by atoms with Gasteiger partial charge in [-0.15, -0.1) is 0 Å². The zero-order chi connectivity index (χ0) is 69.1. The number of unbranched alkanes of at least 4 members (excludes halogenated alkanes) is 1. The highest BCUT2D eigenvalue weighted by molar-refractivity contribution is 5.98. The Morgan fingerprint density at radius 3 is 1.95 bits per heavy atom. The molecule has 98 heavy (non-hydrogen) atoms. The molecule has 6 aromatic carbocycles. The molecule has 4 aliphatic rings. The summed E-state index contributed by atoms with van der Waals surface area (Å²) >= 11 is 0. The molecule has 0 heterocycles. The Morgan fingerprint density at radius 2 is 1.27 bits per heavy atom. The minimum Gasteiger partial charge on any atom is -0.497 e. The number of amides is 4. The first-order valence-electron chi connectivity index (χ1n) is 36.5. The van der Waals surface area contributed by atoms with E-state index in [0.717, 1.165) is 81.9 Å². The number of rotatable bonds is 33. The van der Waals surface area contributed by atoms with Gasteiger partial charge in [-0.25, -0.2) is 4.79 Å². The van der Waals surface area contributed by atoms with Crippen molar-refractivity contribution >= 4 is 35.5 Å². The summed E-state index contributed by atoms with van der Waals surface area (Å²) in [4.78, 5) is 69.0. The number of hydrogen-bond acceptors (Lipinski definition) is 10. The van der Waals surface area contributed by atoms with Crippen molar-refractivity contribution in [2.75, 3.05) is 32.1 Å². The van der Waals surface area contributed by atoms with Gasteiger partial charge in [0.15, 0.2) is 0 Å². The lowest BCUT2D eigenvalue weighted by atomic mass is 9.47. The number of hydrogen-bond donors (Lipinski definition) is 5. The van der Waals surface area contributed by atoms with Gasteiger partial charge in [0.2, 0.25) is 23.6 Å². The van der Waals surface area contributed by atoms with Crippen LogP contribution >= 0.6 is 0 Å². The van der Waals surface area contributed by atoms with E-state index in [-0.39, 0.29) is 49.7 Å². The van der Waals surface area contributed by atoms with Gasteiger partial charge in [-0.3, -0.25) is 24.5 Å². The van der Waals surface area contributed by atoms with Crippen molar-refractivity contribution in [2.45, 2.75) is 187 Å². The Hall–Kier alpha value is -8.07. The second kappa shape index (κ2) is 34.6. The molecule has 0 unspecified atom stereocenters. The summed E-state index contributed by atoms with van der Waals surface area (Å²) in [5, 5.41) is 15.9. The van der Waals surface area contributed by atoms with Crippen LogP contribution in [0.25, 0.3) is 0 Å². The molecule has 0 aromatic heterocycles. The molecule has 0 saturated heterocycles. The largest absolute Gasteiger partial charge is 0.514 e. The van der Waals surface area contributed by atoms with Crippen molar-refractivity contribution in [1.29, 1.82) is 0 Å². The summed E-state index contributed by atoms with van der Waals surface area (Å²) in [6.07, 6.45) is 18.1. The van der Waals surface area contributed by atoms with Crippen molar-refractivity contribution in [3.05, 3.63) is 209 Å². The van der Waals surface area contributed by atoms with Gasteiger partial charge in [0, 0.05) is 38.1 Å². The van der Waals surface area contributed by atoms with Crippen molar-refractivity contribution in [2.24, 2.45) is 46.3 Å². The highest BCUT2D eigenvalue weighted by Crippen LogP contribution is 2.67. The fourth-order valence-electron chi connectivity index (χ4n) is 17.1. The summed E-state index contributed by atoms with van der Waals surface area (Å²) in [6.45, 7) is 15.9. The normalized spacial score (nSPS) is 22.0. The summed E-state index contributed by atoms with van der Waals surface area (Å²) < 4.78 is 22.8. The van der Waals surface area contributed by atoms with E-state index < -0.39 is 41.5 Å². The number of benzene rings is 6. The van der Waals surface area contributed by atoms with E-state index >= 15 is 0 Å². The number of ether oxygens (including phenoxy) is 4. The third-order valence-electron chi connectivity index (χ3n) is 22.4. The Kier molecular flexibility index (Phi) is 25.7. The molecule has 10 rings (SSSR count). The first-order valence-corrected chi connectivity index (χ1v) is 36.5. The van der Waals surface area contributed by atoms with Crippen LogP contribution in [0.15, 0.2) is 175 Å². The maximum atomic E-state index is 14.7. The average Bonchev–Trinajstić information content (AvgIpc) is 1.37. The van der Waals surface area contributed by atoms with Crippen LogP contribution in [0.4, 0.5) is 10.5 Å². The molecule has 522 valence electrons. The number of allylic oxidation sites excluding steroid dienone is 1. The van der Waals surface area contributed by atoms with Gasteiger partial charge in [-0.05, 0) is 201 Å². The van der Waals surface area contributed by atoms with Crippen LogP contribution in [0.2, 0.25) is 0 Å². The van der Waals surface area contributed by atoms with Crippen LogP contribution < -0.4 is 36.1 Å².